The third-order valence-corrected chi connectivity index (χ3v) is 5.66. The fraction of sp³-hybridized carbons (Fsp3) is 0.100. The van der Waals surface area contributed by atoms with E-state index < -0.39 is 5.97 Å². The van der Waals surface area contributed by atoms with E-state index in [4.69, 9.17) is 9.84 Å². The molecule has 0 fully saturated rings. The highest BCUT2D eigenvalue weighted by Crippen LogP contribution is 2.30. The van der Waals surface area contributed by atoms with Gasteiger partial charge in [0.05, 0.1) is 0 Å². The Morgan fingerprint density at radius 1 is 0.794 bits per heavy atom. The zero-order valence-corrected chi connectivity index (χ0v) is 18.7. The summed E-state index contributed by atoms with van der Waals surface area (Å²) in [4.78, 5) is 11.3. The molecule has 0 aliphatic rings. The van der Waals surface area contributed by atoms with Crippen LogP contribution in [0, 0.1) is 5.82 Å². The molecule has 4 aromatic rings. The summed E-state index contributed by atoms with van der Waals surface area (Å²) >= 11 is 0. The Morgan fingerprint density at radius 3 is 2.06 bits per heavy atom. The van der Waals surface area contributed by atoms with Crippen molar-refractivity contribution in [3.63, 3.8) is 0 Å². The Hall–Kier alpha value is -4.02. The second kappa shape index (κ2) is 10.7. The molecule has 0 radical (unpaired) electrons. The van der Waals surface area contributed by atoms with Gasteiger partial charge in [-0.25, -0.2) is 9.18 Å². The summed E-state index contributed by atoms with van der Waals surface area (Å²) in [6.45, 7) is 3.69. The molecule has 0 saturated heterocycles. The molecule has 0 spiro atoms. The fourth-order valence-corrected chi connectivity index (χ4v) is 3.82. The smallest absolute Gasteiger partial charge is 0.330 e. The Balaban J connectivity index is 1.52. The number of carbonyl (C=O) groups is 1. The Kier molecular flexibility index (Phi) is 7.31. The molecule has 0 aromatic heterocycles. The highest BCUT2D eigenvalue weighted by Gasteiger charge is 2.09. The zero-order chi connectivity index (χ0) is 23.9. The van der Waals surface area contributed by atoms with Gasteiger partial charge in [-0.1, -0.05) is 85.4 Å². The molecule has 0 bridgehead atoms. The molecular formula is C30H25FO3. The molecule has 0 amide bonds. The quantitative estimate of drug-likeness (QED) is 0.242. The van der Waals surface area contributed by atoms with E-state index in [1.807, 2.05) is 78.9 Å². The van der Waals surface area contributed by atoms with Crippen molar-refractivity contribution in [2.24, 2.45) is 0 Å². The normalized spacial score (nSPS) is 10.6. The van der Waals surface area contributed by atoms with Crippen molar-refractivity contribution in [2.45, 2.75) is 13.0 Å². The van der Waals surface area contributed by atoms with Crippen molar-refractivity contribution in [1.29, 1.82) is 0 Å². The molecule has 0 unspecified atom stereocenters. The summed E-state index contributed by atoms with van der Waals surface area (Å²) in [5.74, 6) is -0.739. The van der Waals surface area contributed by atoms with Crippen LogP contribution in [0.2, 0.25) is 0 Å². The molecule has 170 valence electrons. The molecule has 0 aliphatic heterocycles. The summed E-state index contributed by atoms with van der Waals surface area (Å²) in [6, 6.07) is 28.5. The number of benzene rings is 4. The highest BCUT2D eigenvalue weighted by molar-refractivity contribution is 5.81. The van der Waals surface area contributed by atoms with Gasteiger partial charge in [-0.05, 0) is 57.5 Å². The van der Waals surface area contributed by atoms with Gasteiger partial charge in [-0.15, -0.1) is 0 Å². The maximum absolute atomic E-state index is 15.0. The molecule has 0 heterocycles. The Bertz CT molecular complexity index is 1290. The SMILES string of the molecule is C=CC(=O)OCc1cccc(-c2ccc(-c3ccc(-c4ccc(CCO)cc4)cc3F)cc2)c1. The summed E-state index contributed by atoms with van der Waals surface area (Å²) in [7, 11) is 0. The first-order valence-electron chi connectivity index (χ1n) is 11.1. The van der Waals surface area contributed by atoms with Crippen molar-refractivity contribution < 1.29 is 19.0 Å². The molecule has 0 atom stereocenters. The number of aliphatic hydroxyl groups is 1. The number of ether oxygens (including phenoxy) is 1. The molecule has 4 heteroatoms. The predicted molar refractivity (Wildman–Crippen MR) is 133 cm³/mol. The van der Waals surface area contributed by atoms with Gasteiger partial charge >= 0.3 is 5.97 Å². The number of halogens is 1. The van der Waals surface area contributed by atoms with Gasteiger partial charge in [-0.3, -0.25) is 0 Å². The minimum absolute atomic E-state index is 0.109. The molecule has 4 aromatic carbocycles. The van der Waals surface area contributed by atoms with E-state index in [1.54, 1.807) is 12.1 Å². The van der Waals surface area contributed by atoms with E-state index in [1.165, 1.54) is 0 Å². The number of esters is 1. The third kappa shape index (κ3) is 5.48. The maximum atomic E-state index is 15.0. The lowest BCUT2D eigenvalue weighted by Crippen LogP contribution is -2.00. The molecule has 1 N–H and O–H groups in total. The minimum atomic E-state index is -0.457. The first-order valence-corrected chi connectivity index (χ1v) is 11.1. The molecule has 4 rings (SSSR count). The highest BCUT2D eigenvalue weighted by atomic mass is 19.1. The van der Waals surface area contributed by atoms with Gasteiger partial charge in [0.2, 0.25) is 0 Å². The van der Waals surface area contributed by atoms with Crippen LogP contribution in [0.5, 0.6) is 0 Å². The Morgan fingerprint density at radius 2 is 1.41 bits per heavy atom. The van der Waals surface area contributed by atoms with Crippen molar-refractivity contribution in [3.05, 3.63) is 121 Å². The first-order chi connectivity index (χ1) is 16.6. The number of carbonyl (C=O) groups excluding carboxylic acids is 1. The van der Waals surface area contributed by atoms with E-state index in [0.29, 0.717) is 12.0 Å². The van der Waals surface area contributed by atoms with Gasteiger partial charge in [0, 0.05) is 18.2 Å². The summed E-state index contributed by atoms with van der Waals surface area (Å²) < 4.78 is 20.1. The van der Waals surface area contributed by atoms with E-state index in [9.17, 15) is 9.18 Å². The van der Waals surface area contributed by atoms with Crippen molar-refractivity contribution >= 4 is 5.97 Å². The van der Waals surface area contributed by atoms with Crippen LogP contribution in [0.4, 0.5) is 4.39 Å². The molecular weight excluding hydrogens is 427 g/mol. The topological polar surface area (TPSA) is 46.5 Å². The van der Waals surface area contributed by atoms with Gasteiger partial charge in [-0.2, -0.15) is 0 Å². The van der Waals surface area contributed by atoms with Crippen LogP contribution in [-0.4, -0.2) is 17.7 Å². The standard InChI is InChI=1S/C30H25FO3/c1-2-30(33)34-20-22-4-3-5-26(18-22)24-10-12-25(13-11-24)28-15-14-27(19-29(28)31)23-8-6-21(7-9-23)16-17-32/h2-15,18-19,32H,1,16-17,20H2. The summed E-state index contributed by atoms with van der Waals surface area (Å²) in [5, 5.41) is 9.05. The average Bonchev–Trinajstić information content (AvgIpc) is 2.88. The molecule has 3 nitrogen and oxygen atoms in total. The van der Waals surface area contributed by atoms with Crippen LogP contribution in [0.1, 0.15) is 11.1 Å². The Labute approximate surface area is 198 Å². The van der Waals surface area contributed by atoms with Crippen molar-refractivity contribution in [2.75, 3.05) is 6.61 Å². The second-order valence-corrected chi connectivity index (χ2v) is 7.95. The first kappa shape index (κ1) is 23.1. The van der Waals surface area contributed by atoms with E-state index in [2.05, 4.69) is 6.58 Å². The third-order valence-electron chi connectivity index (χ3n) is 5.66. The van der Waals surface area contributed by atoms with Gasteiger partial charge in [0.25, 0.3) is 0 Å². The van der Waals surface area contributed by atoms with Crippen LogP contribution < -0.4 is 0 Å². The lowest BCUT2D eigenvalue weighted by molar-refractivity contribution is -0.138. The molecule has 0 saturated carbocycles. The van der Waals surface area contributed by atoms with Crippen LogP contribution in [-0.2, 0) is 22.6 Å². The van der Waals surface area contributed by atoms with Gasteiger partial charge < -0.3 is 9.84 Å². The number of hydrogen-bond acceptors (Lipinski definition) is 3. The largest absolute Gasteiger partial charge is 0.458 e. The summed E-state index contributed by atoms with van der Waals surface area (Å²) in [5.41, 5.74) is 6.97. The fourth-order valence-electron chi connectivity index (χ4n) is 3.82. The van der Waals surface area contributed by atoms with Crippen molar-refractivity contribution in [1.82, 2.24) is 0 Å². The number of hydrogen-bond donors (Lipinski definition) is 1. The molecule has 0 aliphatic carbocycles. The van der Waals surface area contributed by atoms with Crippen molar-refractivity contribution in [3.8, 4) is 33.4 Å². The lowest BCUT2D eigenvalue weighted by Gasteiger charge is -2.10. The van der Waals surface area contributed by atoms with Crippen LogP contribution in [0.25, 0.3) is 33.4 Å². The van der Waals surface area contributed by atoms with Gasteiger partial charge in [0.15, 0.2) is 0 Å². The van der Waals surface area contributed by atoms with E-state index in [0.717, 1.165) is 45.0 Å². The maximum Gasteiger partial charge on any atom is 0.330 e. The average molecular weight is 453 g/mol. The van der Waals surface area contributed by atoms with E-state index >= 15 is 0 Å². The zero-order valence-electron chi connectivity index (χ0n) is 18.7. The monoisotopic (exact) mass is 452 g/mol. The number of aliphatic hydroxyl groups excluding tert-OH is 1. The predicted octanol–water partition coefficient (Wildman–Crippen LogP) is 6.59. The van der Waals surface area contributed by atoms with Gasteiger partial charge in [0.1, 0.15) is 12.4 Å². The second-order valence-electron chi connectivity index (χ2n) is 7.95. The molecule has 34 heavy (non-hydrogen) atoms. The minimum Gasteiger partial charge on any atom is -0.458 e. The van der Waals surface area contributed by atoms with Crippen LogP contribution in [0.3, 0.4) is 0 Å². The van der Waals surface area contributed by atoms with Crippen LogP contribution in [0.15, 0.2) is 104 Å². The summed E-state index contributed by atoms with van der Waals surface area (Å²) in [6.07, 6.45) is 1.75. The lowest BCUT2D eigenvalue weighted by atomic mass is 9.96. The van der Waals surface area contributed by atoms with Crippen LogP contribution >= 0.6 is 0 Å². The van der Waals surface area contributed by atoms with E-state index in [-0.39, 0.29) is 19.0 Å². The number of rotatable bonds is 8.